The monoisotopic (exact) mass is 345 g/mol. The summed E-state index contributed by atoms with van der Waals surface area (Å²) in [6.45, 7) is 4.02. The molecule has 2 amide bonds. The van der Waals surface area contributed by atoms with E-state index in [2.05, 4.69) is 6.58 Å². The molecule has 1 aliphatic heterocycles. The van der Waals surface area contributed by atoms with Gasteiger partial charge in [-0.15, -0.1) is 0 Å². The third-order valence-corrected chi connectivity index (χ3v) is 3.46. The minimum Gasteiger partial charge on any atom is -0.298 e. The van der Waals surface area contributed by atoms with Crippen LogP contribution in [0.2, 0.25) is 5.02 Å². The van der Waals surface area contributed by atoms with Gasteiger partial charge in [0.05, 0.1) is 10.7 Å². The lowest BCUT2D eigenvalue weighted by Gasteiger charge is -2.35. The summed E-state index contributed by atoms with van der Waals surface area (Å²) >= 11 is 5.68. The molecule has 0 radical (unpaired) electrons. The number of rotatable bonds is 3. The second-order valence-corrected chi connectivity index (χ2v) is 5.25. The van der Waals surface area contributed by atoms with E-state index in [0.29, 0.717) is 18.1 Å². The summed E-state index contributed by atoms with van der Waals surface area (Å²) in [5.74, 6) is 1.05. The molecule has 23 heavy (non-hydrogen) atoms. The summed E-state index contributed by atoms with van der Waals surface area (Å²) in [6, 6.07) is 0.687. The van der Waals surface area contributed by atoms with Gasteiger partial charge in [-0.2, -0.15) is 8.78 Å². The summed E-state index contributed by atoms with van der Waals surface area (Å²) in [4.78, 5) is 23.8. The van der Waals surface area contributed by atoms with E-state index in [-0.39, 0.29) is 27.0 Å². The van der Waals surface area contributed by atoms with Crippen molar-refractivity contribution in [1.29, 1.82) is 0 Å². The van der Waals surface area contributed by atoms with E-state index < -0.39 is 23.5 Å². The highest BCUT2D eigenvalue weighted by Gasteiger charge is 2.40. The molecule has 2 N–H and O–H groups in total. The summed E-state index contributed by atoms with van der Waals surface area (Å²) in [7, 11) is 0. The van der Waals surface area contributed by atoms with Crippen LogP contribution in [-0.2, 0) is 0 Å². The average Bonchev–Trinajstić information content (AvgIpc) is 2.44. The van der Waals surface area contributed by atoms with Crippen molar-refractivity contribution >= 4 is 29.6 Å². The van der Waals surface area contributed by atoms with Gasteiger partial charge in [0.1, 0.15) is 11.5 Å². The predicted octanol–water partition coefficient (Wildman–Crippen LogP) is 3.46. The number of benzene rings is 1. The predicted molar refractivity (Wildman–Crippen MR) is 78.5 cm³/mol. The molecule has 2 rings (SSSR count). The number of carbonyl (C=O) groups is 2. The second kappa shape index (κ2) is 5.71. The Kier molecular flexibility index (Phi) is 4.23. The highest BCUT2D eigenvalue weighted by Crippen LogP contribution is 2.35. The average molecular weight is 346 g/mol. The van der Waals surface area contributed by atoms with Gasteiger partial charge in [-0.3, -0.25) is 9.69 Å². The maximum Gasteiger partial charge on any atom is 0.347 e. The first-order valence-electron chi connectivity index (χ1n) is 6.20. The first kappa shape index (κ1) is 17.0. The van der Waals surface area contributed by atoms with Crippen molar-refractivity contribution in [3.8, 4) is 0 Å². The van der Waals surface area contributed by atoms with Gasteiger partial charge in [-0.05, 0) is 18.2 Å². The number of amides is 2. The fourth-order valence-electron chi connectivity index (χ4n) is 2.04. The van der Waals surface area contributed by atoms with Crippen LogP contribution in [0.5, 0.6) is 0 Å². The van der Waals surface area contributed by atoms with E-state index in [4.69, 9.17) is 17.4 Å². The number of anilines is 1. The van der Waals surface area contributed by atoms with E-state index in [1.807, 2.05) is 0 Å². The molecular weight excluding hydrogens is 335 g/mol. The number of halogens is 4. The van der Waals surface area contributed by atoms with Crippen LogP contribution >= 0.6 is 11.6 Å². The summed E-state index contributed by atoms with van der Waals surface area (Å²) in [6.07, 6.45) is 1.22. The molecule has 0 saturated carbocycles. The van der Waals surface area contributed by atoms with Crippen molar-refractivity contribution in [2.75, 3.05) is 4.90 Å². The Morgan fingerprint density at radius 2 is 2.00 bits per heavy atom. The van der Waals surface area contributed by atoms with E-state index in [0.717, 1.165) is 18.2 Å². The molecule has 1 aromatic rings. The molecule has 1 aliphatic rings. The van der Waals surface area contributed by atoms with Crippen molar-refractivity contribution in [2.24, 2.45) is 5.84 Å². The molecule has 1 heterocycles. The Hall–Kier alpha value is -2.32. The number of alkyl halides is 2. The van der Waals surface area contributed by atoms with Crippen molar-refractivity contribution < 1.29 is 22.8 Å². The Labute approximate surface area is 134 Å². The largest absolute Gasteiger partial charge is 0.347 e. The van der Waals surface area contributed by atoms with Gasteiger partial charge < -0.3 is 0 Å². The lowest BCUT2D eigenvalue weighted by molar-refractivity contribution is 0.0356. The zero-order valence-electron chi connectivity index (χ0n) is 11.8. The second-order valence-electron chi connectivity index (χ2n) is 4.84. The van der Waals surface area contributed by atoms with Gasteiger partial charge in [0.2, 0.25) is 0 Å². The van der Waals surface area contributed by atoms with Crippen LogP contribution in [0.4, 0.5) is 23.7 Å². The van der Waals surface area contributed by atoms with Gasteiger partial charge in [0.15, 0.2) is 6.29 Å². The Morgan fingerprint density at radius 3 is 2.52 bits per heavy atom. The molecule has 0 aliphatic carbocycles. The van der Waals surface area contributed by atoms with Crippen LogP contribution in [0.25, 0.3) is 0 Å². The van der Waals surface area contributed by atoms with Crippen LogP contribution < -0.4 is 10.7 Å². The van der Waals surface area contributed by atoms with E-state index in [1.165, 1.54) is 0 Å². The van der Waals surface area contributed by atoms with Crippen LogP contribution in [0.15, 0.2) is 36.2 Å². The van der Waals surface area contributed by atoms with Gasteiger partial charge in [-0.1, -0.05) is 18.2 Å². The molecule has 0 atom stereocenters. The maximum absolute atomic E-state index is 14.1. The van der Waals surface area contributed by atoms with E-state index in [1.54, 1.807) is 0 Å². The highest BCUT2D eigenvalue weighted by atomic mass is 35.5. The fraction of sp³-hybridized carbons (Fsp3) is 0.143. The van der Waals surface area contributed by atoms with Crippen LogP contribution in [0, 0.1) is 5.82 Å². The standard InChI is InChI=1S/C14H11ClF3N3O2/c1-7-3-12(14(2,17)18)21(19)13(23)20(7)11-4-8(6-22)9(15)5-10(11)16/h3-6H,1,19H2,2H3. The molecule has 0 aromatic heterocycles. The molecule has 0 spiro atoms. The van der Waals surface area contributed by atoms with Crippen LogP contribution in [0.3, 0.4) is 0 Å². The minimum atomic E-state index is -3.40. The van der Waals surface area contributed by atoms with E-state index in [9.17, 15) is 22.8 Å². The molecule has 9 heteroatoms. The number of urea groups is 1. The number of hydrogen-bond donors (Lipinski definition) is 1. The lowest BCUT2D eigenvalue weighted by Crippen LogP contribution is -2.52. The number of nitrogens with two attached hydrogens (primary N) is 1. The van der Waals surface area contributed by atoms with Crippen molar-refractivity contribution in [3.63, 3.8) is 0 Å². The molecule has 122 valence electrons. The minimum absolute atomic E-state index is 0.0807. The van der Waals surface area contributed by atoms with Crippen molar-refractivity contribution in [1.82, 2.24) is 5.01 Å². The number of hydrogen-bond acceptors (Lipinski definition) is 3. The highest BCUT2D eigenvalue weighted by molar-refractivity contribution is 6.33. The first-order valence-corrected chi connectivity index (χ1v) is 6.57. The molecule has 0 saturated heterocycles. The topological polar surface area (TPSA) is 66.6 Å². The zero-order valence-corrected chi connectivity index (χ0v) is 12.6. The van der Waals surface area contributed by atoms with Gasteiger partial charge >= 0.3 is 6.03 Å². The maximum atomic E-state index is 14.1. The molecule has 1 aromatic carbocycles. The number of aldehydes is 1. The number of hydrazine groups is 1. The van der Waals surface area contributed by atoms with E-state index >= 15 is 0 Å². The van der Waals surface area contributed by atoms with Gasteiger partial charge in [0.25, 0.3) is 5.92 Å². The van der Waals surface area contributed by atoms with Gasteiger partial charge in [0, 0.05) is 18.2 Å². The van der Waals surface area contributed by atoms with Gasteiger partial charge in [-0.25, -0.2) is 20.0 Å². The summed E-state index contributed by atoms with van der Waals surface area (Å²) in [5.41, 5.74) is -1.47. The zero-order chi connectivity index (χ0) is 17.5. The van der Waals surface area contributed by atoms with Crippen molar-refractivity contribution in [2.45, 2.75) is 12.8 Å². The van der Waals surface area contributed by atoms with Crippen LogP contribution in [0.1, 0.15) is 17.3 Å². The molecule has 0 fully saturated rings. The molecule has 0 bridgehead atoms. The smallest absolute Gasteiger partial charge is 0.298 e. The summed E-state index contributed by atoms with van der Waals surface area (Å²) in [5, 5.41) is 0.0424. The number of allylic oxidation sites excluding steroid dienone is 2. The third-order valence-electron chi connectivity index (χ3n) is 3.13. The Balaban J connectivity index is 2.58. The number of carbonyl (C=O) groups excluding carboxylic acids is 2. The Bertz CT molecular complexity index is 744. The molecule has 0 unspecified atom stereocenters. The normalized spacial score (nSPS) is 15.8. The summed E-state index contributed by atoms with van der Waals surface area (Å²) < 4.78 is 41.0. The fourth-order valence-corrected chi connectivity index (χ4v) is 2.23. The SMILES string of the molecule is C=C1C=C(C(C)(F)F)N(N)C(=O)N1c1cc(C=O)c(Cl)cc1F. The molecular formula is C14H11ClF3N3O2. The number of nitrogens with zero attached hydrogens (tertiary/aromatic N) is 2. The first-order chi connectivity index (χ1) is 10.6. The third kappa shape index (κ3) is 2.95. The quantitative estimate of drug-likeness (QED) is 0.518. The Morgan fingerprint density at radius 1 is 1.39 bits per heavy atom. The van der Waals surface area contributed by atoms with Crippen LogP contribution in [-0.4, -0.2) is 23.2 Å². The van der Waals surface area contributed by atoms with Crippen molar-refractivity contribution in [3.05, 3.63) is 52.6 Å². The molecule has 5 nitrogen and oxygen atoms in total. The lowest BCUT2D eigenvalue weighted by atomic mass is 10.1.